The summed E-state index contributed by atoms with van der Waals surface area (Å²) in [7, 11) is 0. The Morgan fingerprint density at radius 1 is 1.24 bits per heavy atom. The van der Waals surface area contributed by atoms with Gasteiger partial charge in [-0.25, -0.2) is 9.67 Å². The molecule has 2 N–H and O–H groups in total. The highest BCUT2D eigenvalue weighted by Gasteiger charge is 2.20. The van der Waals surface area contributed by atoms with Gasteiger partial charge in [-0.05, 0) is 31.4 Å². The molecule has 0 bridgehead atoms. The average molecular weight is 283 g/mol. The van der Waals surface area contributed by atoms with Gasteiger partial charge in [-0.15, -0.1) is 0 Å². The van der Waals surface area contributed by atoms with Crippen molar-refractivity contribution >= 4 is 17.1 Å². The van der Waals surface area contributed by atoms with Crippen molar-refractivity contribution in [1.29, 1.82) is 0 Å². The fourth-order valence-electron chi connectivity index (χ4n) is 2.82. The van der Waals surface area contributed by atoms with Crippen molar-refractivity contribution in [3.8, 4) is 5.69 Å². The number of nitrogens with two attached hydrogens (primary N) is 1. The lowest BCUT2D eigenvalue weighted by molar-refractivity contribution is 0.662. The summed E-state index contributed by atoms with van der Waals surface area (Å²) in [6, 6.07) is 8.33. The number of nitrogen functional groups attached to an aromatic ring is 1. The quantitative estimate of drug-likeness (QED) is 0.802. The van der Waals surface area contributed by atoms with Crippen molar-refractivity contribution in [2.75, 3.05) is 5.73 Å². The Kier molecular flexibility index (Phi) is 3.20. The molecular formula is C16H21N5. The third-order valence-corrected chi connectivity index (χ3v) is 3.84. The molecule has 110 valence electrons. The van der Waals surface area contributed by atoms with E-state index in [1.807, 2.05) is 22.2 Å². The van der Waals surface area contributed by atoms with E-state index < -0.39 is 0 Å². The van der Waals surface area contributed by atoms with E-state index in [0.717, 1.165) is 29.1 Å². The van der Waals surface area contributed by atoms with Crippen LogP contribution in [0.3, 0.4) is 0 Å². The van der Waals surface area contributed by atoms with Gasteiger partial charge >= 0.3 is 0 Å². The average Bonchev–Trinajstić information content (AvgIpc) is 2.95. The molecule has 3 aromatic rings. The minimum atomic E-state index is 0.414. The zero-order chi connectivity index (χ0) is 15.1. The van der Waals surface area contributed by atoms with Gasteiger partial charge in [-0.1, -0.05) is 32.0 Å². The molecule has 0 unspecified atom stereocenters. The first-order chi connectivity index (χ1) is 10.0. The summed E-state index contributed by atoms with van der Waals surface area (Å²) < 4.78 is 3.99. The molecule has 0 aliphatic carbocycles. The molecule has 0 atom stereocenters. The van der Waals surface area contributed by atoms with Gasteiger partial charge in [0.1, 0.15) is 5.52 Å². The molecule has 0 amide bonds. The minimum absolute atomic E-state index is 0.414. The lowest BCUT2D eigenvalue weighted by Gasteiger charge is -2.15. The van der Waals surface area contributed by atoms with Crippen LogP contribution in [0.1, 0.15) is 37.9 Å². The number of benzene rings is 1. The molecule has 0 fully saturated rings. The lowest BCUT2D eigenvalue weighted by atomic mass is 10.0. The monoisotopic (exact) mass is 283 g/mol. The first kappa shape index (κ1) is 13.7. The lowest BCUT2D eigenvalue weighted by Crippen LogP contribution is -2.09. The van der Waals surface area contributed by atoms with Crippen LogP contribution in [0.5, 0.6) is 0 Å². The fourth-order valence-corrected chi connectivity index (χ4v) is 2.82. The van der Waals surface area contributed by atoms with E-state index in [4.69, 9.17) is 5.73 Å². The Labute approximate surface area is 124 Å². The van der Waals surface area contributed by atoms with Gasteiger partial charge in [-0.3, -0.25) is 4.57 Å². The summed E-state index contributed by atoms with van der Waals surface area (Å²) in [6.45, 7) is 9.21. The zero-order valence-electron chi connectivity index (χ0n) is 13.0. The molecule has 21 heavy (non-hydrogen) atoms. The smallest absolute Gasteiger partial charge is 0.207 e. The Morgan fingerprint density at radius 2 is 1.95 bits per heavy atom. The second-order valence-corrected chi connectivity index (χ2v) is 5.59. The SMILES string of the molecule is CCn1nc(C)c2nc(N)n(-c3ccccc3C(C)C)c21. The van der Waals surface area contributed by atoms with E-state index in [2.05, 4.69) is 49.1 Å². The number of fused-ring (bicyclic) bond motifs is 1. The molecule has 0 aliphatic rings. The number of hydrogen-bond acceptors (Lipinski definition) is 3. The zero-order valence-corrected chi connectivity index (χ0v) is 13.0. The van der Waals surface area contributed by atoms with Crippen LogP contribution >= 0.6 is 0 Å². The van der Waals surface area contributed by atoms with Crippen LogP contribution in [0.15, 0.2) is 24.3 Å². The number of para-hydroxylation sites is 1. The molecule has 5 nitrogen and oxygen atoms in total. The van der Waals surface area contributed by atoms with E-state index in [-0.39, 0.29) is 0 Å². The molecule has 5 heteroatoms. The second-order valence-electron chi connectivity index (χ2n) is 5.59. The fraction of sp³-hybridized carbons (Fsp3) is 0.375. The van der Waals surface area contributed by atoms with Crippen molar-refractivity contribution in [3.05, 3.63) is 35.5 Å². The Balaban J connectivity index is 2.38. The number of anilines is 1. The number of hydrogen-bond donors (Lipinski definition) is 1. The molecule has 0 radical (unpaired) electrons. The maximum atomic E-state index is 6.20. The van der Waals surface area contributed by atoms with Gasteiger partial charge in [0.15, 0.2) is 5.65 Å². The van der Waals surface area contributed by atoms with Crippen molar-refractivity contribution < 1.29 is 0 Å². The van der Waals surface area contributed by atoms with Crippen LogP contribution in [0.25, 0.3) is 16.9 Å². The van der Waals surface area contributed by atoms with Gasteiger partial charge < -0.3 is 5.73 Å². The number of nitrogens with zero attached hydrogens (tertiary/aromatic N) is 4. The van der Waals surface area contributed by atoms with Crippen molar-refractivity contribution in [2.24, 2.45) is 0 Å². The van der Waals surface area contributed by atoms with E-state index in [1.54, 1.807) is 0 Å². The first-order valence-electron chi connectivity index (χ1n) is 7.35. The van der Waals surface area contributed by atoms with Crippen molar-refractivity contribution in [3.63, 3.8) is 0 Å². The van der Waals surface area contributed by atoms with Gasteiger partial charge in [0.25, 0.3) is 0 Å². The maximum Gasteiger partial charge on any atom is 0.207 e. The van der Waals surface area contributed by atoms with Gasteiger partial charge in [-0.2, -0.15) is 5.10 Å². The van der Waals surface area contributed by atoms with Crippen LogP contribution in [-0.4, -0.2) is 19.3 Å². The van der Waals surface area contributed by atoms with E-state index in [0.29, 0.717) is 11.9 Å². The molecular weight excluding hydrogens is 262 g/mol. The minimum Gasteiger partial charge on any atom is -0.369 e. The summed E-state index contributed by atoms with van der Waals surface area (Å²) in [5.41, 5.74) is 11.3. The Morgan fingerprint density at radius 3 is 2.62 bits per heavy atom. The van der Waals surface area contributed by atoms with Gasteiger partial charge in [0, 0.05) is 6.54 Å². The second kappa shape index (κ2) is 4.91. The molecule has 0 saturated carbocycles. The topological polar surface area (TPSA) is 61.7 Å². The highest BCUT2D eigenvalue weighted by molar-refractivity contribution is 5.80. The van der Waals surface area contributed by atoms with Crippen LogP contribution in [-0.2, 0) is 6.54 Å². The highest BCUT2D eigenvalue weighted by atomic mass is 15.4. The Bertz CT molecular complexity index is 794. The van der Waals surface area contributed by atoms with E-state index >= 15 is 0 Å². The Hall–Kier alpha value is -2.30. The maximum absolute atomic E-state index is 6.20. The third-order valence-electron chi connectivity index (χ3n) is 3.84. The molecule has 3 rings (SSSR count). The predicted octanol–water partition coefficient (Wildman–Crippen LogP) is 3.26. The molecule has 0 aliphatic heterocycles. The van der Waals surface area contributed by atoms with Crippen LogP contribution < -0.4 is 5.73 Å². The van der Waals surface area contributed by atoms with Crippen LogP contribution in [0.2, 0.25) is 0 Å². The first-order valence-corrected chi connectivity index (χ1v) is 7.35. The standard InChI is InChI=1S/C16H21N5/c1-5-20-15-14(11(4)19-20)18-16(17)21(15)13-9-7-6-8-12(13)10(2)3/h6-10H,5H2,1-4H3,(H2,17,18). The molecule has 1 aromatic carbocycles. The number of imidazole rings is 1. The highest BCUT2D eigenvalue weighted by Crippen LogP contribution is 2.30. The van der Waals surface area contributed by atoms with E-state index in [9.17, 15) is 0 Å². The van der Waals surface area contributed by atoms with E-state index in [1.165, 1.54) is 5.56 Å². The number of aromatic nitrogens is 4. The van der Waals surface area contributed by atoms with Crippen LogP contribution in [0, 0.1) is 6.92 Å². The summed E-state index contributed by atoms with van der Waals surface area (Å²) in [5.74, 6) is 0.929. The summed E-state index contributed by atoms with van der Waals surface area (Å²) in [6.07, 6.45) is 0. The van der Waals surface area contributed by atoms with Crippen molar-refractivity contribution in [1.82, 2.24) is 19.3 Å². The largest absolute Gasteiger partial charge is 0.369 e. The molecule has 2 aromatic heterocycles. The van der Waals surface area contributed by atoms with Gasteiger partial charge in [0.2, 0.25) is 5.95 Å². The normalized spacial score (nSPS) is 11.7. The molecule has 0 spiro atoms. The molecule has 0 saturated heterocycles. The molecule has 2 heterocycles. The van der Waals surface area contributed by atoms with Gasteiger partial charge in [0.05, 0.1) is 11.4 Å². The summed E-state index contributed by atoms with van der Waals surface area (Å²) >= 11 is 0. The van der Waals surface area contributed by atoms with Crippen molar-refractivity contribution in [2.45, 2.75) is 40.2 Å². The summed E-state index contributed by atoms with van der Waals surface area (Å²) in [4.78, 5) is 4.52. The number of aryl methyl sites for hydroxylation is 2. The van der Waals surface area contributed by atoms with Crippen LogP contribution in [0.4, 0.5) is 5.95 Å². The third kappa shape index (κ3) is 2.00. The number of rotatable bonds is 3. The predicted molar refractivity (Wildman–Crippen MR) is 85.8 cm³/mol. The summed E-state index contributed by atoms with van der Waals surface area (Å²) in [5, 5.41) is 4.55.